The van der Waals surface area contributed by atoms with E-state index in [0.29, 0.717) is 5.71 Å². The van der Waals surface area contributed by atoms with Crippen molar-refractivity contribution >= 4 is 23.1 Å². The molecule has 0 aliphatic rings. The van der Waals surface area contributed by atoms with Gasteiger partial charge >= 0.3 is 6.09 Å². The van der Waals surface area contributed by atoms with Crippen molar-refractivity contribution in [2.24, 2.45) is 5.16 Å². The maximum Gasteiger partial charge on any atom is 0.407 e. The average Bonchev–Trinajstić information content (AvgIpc) is 2.69. The Hall–Kier alpha value is -1.56. The SMILES string of the molecule is CC(C)(C)OC(=O)NC/C(=N\O)c1cccs1. The normalized spacial score (nSPS) is 12.3. The second-order valence-electron chi connectivity index (χ2n) is 4.38. The van der Waals surface area contributed by atoms with E-state index < -0.39 is 11.7 Å². The molecule has 1 rings (SSSR count). The van der Waals surface area contributed by atoms with E-state index in [9.17, 15) is 4.79 Å². The molecule has 0 unspecified atom stereocenters. The maximum absolute atomic E-state index is 11.4. The fourth-order valence-electron chi connectivity index (χ4n) is 1.08. The maximum atomic E-state index is 11.4. The lowest BCUT2D eigenvalue weighted by Crippen LogP contribution is -2.35. The first kappa shape index (κ1) is 13.5. The summed E-state index contributed by atoms with van der Waals surface area (Å²) in [7, 11) is 0. The summed E-state index contributed by atoms with van der Waals surface area (Å²) in [5, 5.41) is 16.4. The largest absolute Gasteiger partial charge is 0.444 e. The van der Waals surface area contributed by atoms with Crippen molar-refractivity contribution in [2.75, 3.05) is 6.54 Å². The van der Waals surface area contributed by atoms with Crippen LogP contribution in [0.5, 0.6) is 0 Å². The van der Waals surface area contributed by atoms with Gasteiger partial charge in [0.2, 0.25) is 0 Å². The molecule has 0 radical (unpaired) electrons. The number of nitrogens with zero attached hydrogens (tertiary/aromatic N) is 1. The number of rotatable bonds is 3. The van der Waals surface area contributed by atoms with Crippen LogP contribution < -0.4 is 5.32 Å². The van der Waals surface area contributed by atoms with Crippen molar-refractivity contribution in [3.8, 4) is 0 Å². The van der Waals surface area contributed by atoms with Crippen LogP contribution in [0.2, 0.25) is 0 Å². The predicted molar refractivity (Wildman–Crippen MR) is 66.9 cm³/mol. The number of hydrogen-bond acceptors (Lipinski definition) is 5. The third kappa shape index (κ3) is 4.86. The number of alkyl carbamates (subject to hydrolysis) is 1. The van der Waals surface area contributed by atoms with Gasteiger partial charge in [0.15, 0.2) is 0 Å². The Morgan fingerprint density at radius 2 is 2.29 bits per heavy atom. The quantitative estimate of drug-likeness (QED) is 0.496. The molecule has 0 bridgehead atoms. The van der Waals surface area contributed by atoms with Gasteiger partial charge in [-0.1, -0.05) is 11.2 Å². The summed E-state index contributed by atoms with van der Waals surface area (Å²) in [5.41, 5.74) is -0.130. The van der Waals surface area contributed by atoms with Gasteiger partial charge in [0.1, 0.15) is 11.3 Å². The number of nitrogens with one attached hydrogen (secondary N) is 1. The van der Waals surface area contributed by atoms with Gasteiger partial charge in [0, 0.05) is 0 Å². The van der Waals surface area contributed by atoms with Crippen LogP contribution in [0, 0.1) is 0 Å². The van der Waals surface area contributed by atoms with E-state index in [2.05, 4.69) is 10.5 Å². The zero-order chi connectivity index (χ0) is 12.9. The van der Waals surface area contributed by atoms with Gasteiger partial charge in [-0.2, -0.15) is 0 Å². The Morgan fingerprint density at radius 1 is 1.59 bits per heavy atom. The summed E-state index contributed by atoms with van der Waals surface area (Å²) in [4.78, 5) is 12.2. The minimum Gasteiger partial charge on any atom is -0.444 e. The molecule has 0 atom stereocenters. The van der Waals surface area contributed by atoms with Crippen molar-refractivity contribution in [1.82, 2.24) is 5.32 Å². The molecule has 94 valence electrons. The predicted octanol–water partition coefficient (Wildman–Crippen LogP) is 2.45. The van der Waals surface area contributed by atoms with E-state index in [1.165, 1.54) is 11.3 Å². The summed E-state index contributed by atoms with van der Waals surface area (Å²) in [6.07, 6.45) is -0.532. The van der Waals surface area contributed by atoms with E-state index >= 15 is 0 Å². The number of oxime groups is 1. The molecule has 0 aromatic carbocycles. The highest BCUT2D eigenvalue weighted by molar-refractivity contribution is 7.12. The molecule has 6 heteroatoms. The van der Waals surface area contributed by atoms with E-state index in [1.54, 1.807) is 20.8 Å². The fraction of sp³-hybridized carbons (Fsp3) is 0.455. The summed E-state index contributed by atoms with van der Waals surface area (Å²) in [5.74, 6) is 0. The molecule has 5 nitrogen and oxygen atoms in total. The Bertz CT molecular complexity index is 393. The molecule has 17 heavy (non-hydrogen) atoms. The van der Waals surface area contributed by atoms with Crippen molar-refractivity contribution < 1.29 is 14.7 Å². The molecule has 1 heterocycles. The van der Waals surface area contributed by atoms with E-state index in [1.807, 2.05) is 17.5 Å². The van der Waals surface area contributed by atoms with E-state index in [4.69, 9.17) is 9.94 Å². The summed E-state index contributed by atoms with van der Waals surface area (Å²) in [6, 6.07) is 3.66. The molecular formula is C11H16N2O3S. The molecule has 0 fully saturated rings. The van der Waals surface area contributed by atoms with Gasteiger partial charge in [-0.05, 0) is 32.2 Å². The topological polar surface area (TPSA) is 70.9 Å². The van der Waals surface area contributed by atoms with Gasteiger partial charge in [-0.3, -0.25) is 0 Å². The summed E-state index contributed by atoms with van der Waals surface area (Å²) >= 11 is 1.44. The molecule has 0 spiro atoms. The molecule has 1 aromatic heterocycles. The van der Waals surface area contributed by atoms with Crippen LogP contribution in [0.25, 0.3) is 0 Å². The number of thiophene rings is 1. The minimum absolute atomic E-state index is 0.131. The van der Waals surface area contributed by atoms with Gasteiger partial charge in [-0.15, -0.1) is 11.3 Å². The van der Waals surface area contributed by atoms with Crippen molar-refractivity contribution in [3.05, 3.63) is 22.4 Å². The third-order valence-corrected chi connectivity index (χ3v) is 2.64. The lowest BCUT2D eigenvalue weighted by Gasteiger charge is -2.19. The first-order valence-electron chi connectivity index (χ1n) is 5.14. The number of carbonyl (C=O) groups is 1. The van der Waals surface area contributed by atoms with Gasteiger partial charge in [0.05, 0.1) is 11.4 Å². The van der Waals surface area contributed by atoms with Gasteiger partial charge < -0.3 is 15.3 Å². The number of amides is 1. The summed E-state index contributed by atoms with van der Waals surface area (Å²) < 4.78 is 5.07. The highest BCUT2D eigenvalue weighted by Crippen LogP contribution is 2.10. The second kappa shape index (κ2) is 5.67. The van der Waals surface area contributed by atoms with Crippen LogP contribution in [-0.2, 0) is 4.74 Å². The van der Waals surface area contributed by atoms with Crippen molar-refractivity contribution in [1.29, 1.82) is 0 Å². The van der Waals surface area contributed by atoms with Crippen LogP contribution >= 0.6 is 11.3 Å². The highest BCUT2D eigenvalue weighted by atomic mass is 32.1. The lowest BCUT2D eigenvalue weighted by atomic mass is 10.2. The van der Waals surface area contributed by atoms with Crippen LogP contribution in [-0.4, -0.2) is 29.2 Å². The van der Waals surface area contributed by atoms with E-state index in [-0.39, 0.29) is 6.54 Å². The van der Waals surface area contributed by atoms with Crippen molar-refractivity contribution in [3.63, 3.8) is 0 Å². The number of carbonyl (C=O) groups excluding carboxylic acids is 1. The molecule has 0 aliphatic heterocycles. The Balaban J connectivity index is 2.48. The Kier molecular flexibility index (Phi) is 4.51. The van der Waals surface area contributed by atoms with E-state index in [0.717, 1.165) is 4.88 Å². The monoisotopic (exact) mass is 256 g/mol. The second-order valence-corrected chi connectivity index (χ2v) is 5.33. The van der Waals surface area contributed by atoms with Crippen LogP contribution in [0.4, 0.5) is 4.79 Å². The fourth-order valence-corrected chi connectivity index (χ4v) is 1.79. The average molecular weight is 256 g/mol. The highest BCUT2D eigenvalue weighted by Gasteiger charge is 2.16. The molecule has 1 amide bonds. The first-order valence-corrected chi connectivity index (χ1v) is 6.02. The standard InChI is InChI=1S/C11H16N2O3S/c1-11(2,3)16-10(14)12-7-8(13-15)9-5-4-6-17-9/h4-6,15H,7H2,1-3H3,(H,12,14)/b13-8+. The molecule has 2 N–H and O–H groups in total. The Morgan fingerprint density at radius 3 is 2.76 bits per heavy atom. The van der Waals surface area contributed by atoms with Crippen molar-refractivity contribution in [2.45, 2.75) is 26.4 Å². The minimum atomic E-state index is -0.538. The molecule has 1 aromatic rings. The number of hydrogen-bond donors (Lipinski definition) is 2. The zero-order valence-corrected chi connectivity index (χ0v) is 10.9. The molecule has 0 aliphatic carbocycles. The Labute approximate surface area is 104 Å². The summed E-state index contributed by atoms with van der Waals surface area (Å²) in [6.45, 7) is 5.48. The molecule has 0 saturated heterocycles. The number of ether oxygens (including phenoxy) is 1. The first-order chi connectivity index (χ1) is 7.92. The van der Waals surface area contributed by atoms with Gasteiger partial charge in [0.25, 0.3) is 0 Å². The van der Waals surface area contributed by atoms with Gasteiger partial charge in [-0.25, -0.2) is 4.79 Å². The third-order valence-electron chi connectivity index (χ3n) is 1.73. The lowest BCUT2D eigenvalue weighted by molar-refractivity contribution is 0.0536. The zero-order valence-electron chi connectivity index (χ0n) is 10.1. The van der Waals surface area contributed by atoms with Crippen LogP contribution in [0.1, 0.15) is 25.6 Å². The molecule has 0 saturated carbocycles. The molecular weight excluding hydrogens is 240 g/mol. The smallest absolute Gasteiger partial charge is 0.407 e. The van der Waals surface area contributed by atoms with Crippen LogP contribution in [0.15, 0.2) is 22.7 Å². The van der Waals surface area contributed by atoms with Crippen LogP contribution in [0.3, 0.4) is 0 Å².